The molecule has 20 heavy (non-hydrogen) atoms. The van der Waals surface area contributed by atoms with E-state index >= 15 is 0 Å². The molecule has 1 aromatic heterocycles. The first-order chi connectivity index (χ1) is 9.66. The van der Waals surface area contributed by atoms with Crippen molar-refractivity contribution in [3.8, 4) is 0 Å². The molecule has 0 aromatic carbocycles. The minimum Gasteiger partial charge on any atom is -0.381 e. The number of carbonyl (C=O) groups excluding carboxylic acids is 1. The predicted octanol–water partition coefficient (Wildman–Crippen LogP) is 1.25. The molecule has 0 bridgehead atoms. The molecule has 3 heterocycles. The number of amides is 1. The van der Waals surface area contributed by atoms with E-state index in [9.17, 15) is 4.79 Å². The molecule has 1 fully saturated rings. The van der Waals surface area contributed by atoms with Crippen molar-refractivity contribution in [3.05, 3.63) is 11.9 Å². The van der Waals surface area contributed by atoms with E-state index in [0.717, 1.165) is 51.5 Å². The average molecular weight is 278 g/mol. The van der Waals surface area contributed by atoms with Crippen LogP contribution in [0.25, 0.3) is 0 Å². The summed E-state index contributed by atoms with van der Waals surface area (Å²) in [5.41, 5.74) is 0.649. The van der Waals surface area contributed by atoms with Crippen LogP contribution in [-0.2, 0) is 11.3 Å². The van der Waals surface area contributed by atoms with Gasteiger partial charge in [-0.25, -0.2) is 4.98 Å². The van der Waals surface area contributed by atoms with E-state index in [1.165, 1.54) is 0 Å². The van der Waals surface area contributed by atoms with Crippen LogP contribution in [-0.4, -0.2) is 41.8 Å². The zero-order valence-electron chi connectivity index (χ0n) is 11.9. The Kier molecular flexibility index (Phi) is 3.65. The fourth-order valence-electron chi connectivity index (χ4n) is 2.71. The molecule has 2 aliphatic rings. The number of fused-ring (bicyclic) bond motifs is 1. The van der Waals surface area contributed by atoms with Gasteiger partial charge in [-0.3, -0.25) is 4.79 Å². The van der Waals surface area contributed by atoms with Gasteiger partial charge in [0.25, 0.3) is 5.91 Å². The van der Waals surface area contributed by atoms with Gasteiger partial charge in [0.05, 0.1) is 0 Å². The van der Waals surface area contributed by atoms with Crippen LogP contribution in [0.4, 0.5) is 5.95 Å². The van der Waals surface area contributed by atoms with Gasteiger partial charge in [0.2, 0.25) is 5.95 Å². The fraction of sp³-hybridized carbons (Fsp3) is 0.714. The summed E-state index contributed by atoms with van der Waals surface area (Å²) < 4.78 is 7.38. The van der Waals surface area contributed by atoms with Crippen LogP contribution in [0.1, 0.15) is 36.7 Å². The maximum atomic E-state index is 12.2. The van der Waals surface area contributed by atoms with Gasteiger partial charge in [0.15, 0.2) is 0 Å². The van der Waals surface area contributed by atoms with Gasteiger partial charge in [-0.05, 0) is 24.7 Å². The number of carbonyl (C=O) groups is 1. The summed E-state index contributed by atoms with van der Waals surface area (Å²) in [7, 11) is 0. The van der Waals surface area contributed by atoms with E-state index in [4.69, 9.17) is 4.74 Å². The summed E-state index contributed by atoms with van der Waals surface area (Å²) in [5, 5.41) is 6.23. The molecule has 6 nitrogen and oxygen atoms in total. The van der Waals surface area contributed by atoms with Crippen LogP contribution in [0.3, 0.4) is 0 Å². The van der Waals surface area contributed by atoms with Gasteiger partial charge < -0.3 is 19.9 Å². The Labute approximate surface area is 118 Å². The van der Waals surface area contributed by atoms with E-state index in [2.05, 4.69) is 22.5 Å². The molecule has 2 N–H and O–H groups in total. The lowest BCUT2D eigenvalue weighted by Gasteiger charge is -2.33. The number of hydrogen-bond acceptors (Lipinski definition) is 4. The van der Waals surface area contributed by atoms with Crippen LogP contribution in [0.15, 0.2) is 6.20 Å². The molecule has 0 spiro atoms. The summed E-state index contributed by atoms with van der Waals surface area (Å²) in [6.07, 6.45) is 4.90. The first-order valence-corrected chi connectivity index (χ1v) is 7.33. The highest BCUT2D eigenvalue weighted by molar-refractivity contribution is 5.92. The summed E-state index contributed by atoms with van der Waals surface area (Å²) >= 11 is 0. The third-order valence-electron chi connectivity index (χ3n) is 4.24. The molecule has 2 aliphatic heterocycles. The zero-order valence-corrected chi connectivity index (χ0v) is 11.9. The summed E-state index contributed by atoms with van der Waals surface area (Å²) in [6, 6.07) is 0. The minimum absolute atomic E-state index is 0.0820. The molecule has 1 aromatic rings. The maximum Gasteiger partial charge on any atom is 0.271 e. The monoisotopic (exact) mass is 278 g/mol. The number of aromatic nitrogens is 2. The lowest BCUT2D eigenvalue weighted by Crippen LogP contribution is -2.39. The molecule has 6 heteroatoms. The molecule has 0 unspecified atom stereocenters. The molecule has 1 amide bonds. The number of imidazole rings is 1. The molecule has 0 radical (unpaired) electrons. The van der Waals surface area contributed by atoms with E-state index in [-0.39, 0.29) is 11.3 Å². The number of rotatable bonds is 3. The van der Waals surface area contributed by atoms with Crippen LogP contribution >= 0.6 is 0 Å². The van der Waals surface area contributed by atoms with Gasteiger partial charge in [0.1, 0.15) is 5.69 Å². The number of ether oxygens (including phenoxy) is 1. The van der Waals surface area contributed by atoms with Crippen molar-refractivity contribution in [1.29, 1.82) is 0 Å². The van der Waals surface area contributed by atoms with Crippen molar-refractivity contribution in [2.45, 2.75) is 32.7 Å². The Hall–Kier alpha value is -1.56. The second-order valence-corrected chi connectivity index (χ2v) is 6.03. The molecule has 110 valence electrons. The Morgan fingerprint density at radius 2 is 2.35 bits per heavy atom. The summed E-state index contributed by atoms with van der Waals surface area (Å²) in [5.74, 6) is 0.722. The van der Waals surface area contributed by atoms with Gasteiger partial charge >= 0.3 is 0 Å². The average Bonchev–Trinajstić information content (AvgIpc) is 2.89. The predicted molar refractivity (Wildman–Crippen MR) is 75.8 cm³/mol. The Balaban J connectivity index is 1.60. The first kappa shape index (κ1) is 13.4. The number of aryl methyl sites for hydroxylation is 1. The van der Waals surface area contributed by atoms with Crippen LogP contribution in [0.5, 0.6) is 0 Å². The molecule has 1 saturated heterocycles. The Morgan fingerprint density at radius 3 is 3.10 bits per heavy atom. The smallest absolute Gasteiger partial charge is 0.271 e. The van der Waals surface area contributed by atoms with E-state index in [1.807, 2.05) is 10.8 Å². The Bertz CT molecular complexity index is 468. The largest absolute Gasteiger partial charge is 0.381 e. The van der Waals surface area contributed by atoms with Gasteiger partial charge in [0, 0.05) is 39.0 Å². The minimum atomic E-state index is -0.0820. The van der Waals surface area contributed by atoms with Crippen LogP contribution in [0.2, 0.25) is 0 Å². The van der Waals surface area contributed by atoms with Crippen molar-refractivity contribution >= 4 is 11.9 Å². The van der Waals surface area contributed by atoms with E-state index < -0.39 is 0 Å². The fourth-order valence-corrected chi connectivity index (χ4v) is 2.71. The summed E-state index contributed by atoms with van der Waals surface area (Å²) in [4.78, 5) is 16.6. The van der Waals surface area contributed by atoms with Gasteiger partial charge in [-0.15, -0.1) is 0 Å². The Morgan fingerprint density at radius 1 is 1.55 bits per heavy atom. The SMILES string of the molecule is CC1(CNC(=O)c2cn3c(n2)NCCC3)CCOCC1. The van der Waals surface area contributed by atoms with E-state index in [0.29, 0.717) is 12.2 Å². The molecular formula is C14H22N4O2. The molecule has 3 rings (SSSR count). The second-order valence-electron chi connectivity index (χ2n) is 6.03. The first-order valence-electron chi connectivity index (χ1n) is 7.33. The molecule has 0 atom stereocenters. The van der Waals surface area contributed by atoms with Crippen LogP contribution < -0.4 is 10.6 Å². The van der Waals surface area contributed by atoms with Crippen molar-refractivity contribution in [2.75, 3.05) is 31.6 Å². The van der Waals surface area contributed by atoms with Gasteiger partial charge in [-0.1, -0.05) is 6.92 Å². The number of anilines is 1. The number of hydrogen-bond donors (Lipinski definition) is 2. The highest BCUT2D eigenvalue weighted by Crippen LogP contribution is 2.28. The highest BCUT2D eigenvalue weighted by atomic mass is 16.5. The van der Waals surface area contributed by atoms with Gasteiger partial charge in [-0.2, -0.15) is 0 Å². The molecule has 0 aliphatic carbocycles. The topological polar surface area (TPSA) is 68.2 Å². The van der Waals surface area contributed by atoms with E-state index in [1.54, 1.807) is 0 Å². The number of nitrogens with zero attached hydrogens (tertiary/aromatic N) is 2. The van der Waals surface area contributed by atoms with Crippen molar-refractivity contribution in [1.82, 2.24) is 14.9 Å². The van der Waals surface area contributed by atoms with Crippen molar-refractivity contribution in [3.63, 3.8) is 0 Å². The summed E-state index contributed by atoms with van der Waals surface area (Å²) in [6.45, 7) is 6.32. The third kappa shape index (κ3) is 2.80. The highest BCUT2D eigenvalue weighted by Gasteiger charge is 2.28. The quantitative estimate of drug-likeness (QED) is 0.873. The van der Waals surface area contributed by atoms with Crippen molar-refractivity contribution in [2.24, 2.45) is 5.41 Å². The third-order valence-corrected chi connectivity index (χ3v) is 4.24. The normalized spacial score (nSPS) is 20.9. The van der Waals surface area contributed by atoms with Crippen molar-refractivity contribution < 1.29 is 9.53 Å². The lowest BCUT2D eigenvalue weighted by molar-refractivity contribution is 0.0238. The van der Waals surface area contributed by atoms with Crippen LogP contribution in [0, 0.1) is 5.41 Å². The standard InChI is InChI=1S/C14H22N4O2/c1-14(3-7-20-8-4-14)10-16-12(19)11-9-18-6-2-5-15-13(18)17-11/h9H,2-8,10H2,1H3,(H,15,17)(H,16,19). The lowest BCUT2D eigenvalue weighted by atomic mass is 9.82. The second kappa shape index (κ2) is 5.44. The molecule has 0 saturated carbocycles. The molecular weight excluding hydrogens is 256 g/mol. The maximum absolute atomic E-state index is 12.2. The zero-order chi connectivity index (χ0) is 14.0. The number of nitrogens with one attached hydrogen (secondary N) is 2.